The van der Waals surface area contributed by atoms with E-state index in [-0.39, 0.29) is 0 Å². The molecule has 0 spiro atoms. The lowest BCUT2D eigenvalue weighted by molar-refractivity contribution is 0.354. The Kier molecular flexibility index (Phi) is 9.58. The first-order valence-electron chi connectivity index (χ1n) is 8.24. The van der Waals surface area contributed by atoms with Crippen molar-refractivity contribution in [2.45, 2.75) is 19.4 Å². The highest BCUT2D eigenvalue weighted by Crippen LogP contribution is 2.27. The standard InChI is InChI=1S/C11H17NO2.C9H13N/c1-12-7-6-9-4-5-10(13-2)11(8-9)14-3;1-8(10-2)9-6-4-3-5-7-9/h4-5,8,12H,6-7H2,1-3H3;3-8,10H,1-2H3/t;8-/m.0/s1. The normalized spacial score (nSPS) is 11.2. The van der Waals surface area contributed by atoms with Crippen molar-refractivity contribution in [3.05, 3.63) is 59.7 Å². The number of hydrogen-bond donors (Lipinski definition) is 2. The minimum absolute atomic E-state index is 0.459. The van der Waals surface area contributed by atoms with E-state index in [4.69, 9.17) is 9.47 Å². The first-order chi connectivity index (χ1) is 11.7. The second kappa shape index (κ2) is 11.5. The number of nitrogens with one attached hydrogen (secondary N) is 2. The van der Waals surface area contributed by atoms with Gasteiger partial charge in [0.2, 0.25) is 0 Å². The van der Waals surface area contributed by atoms with Gasteiger partial charge >= 0.3 is 0 Å². The molecule has 0 saturated heterocycles. The highest BCUT2D eigenvalue weighted by molar-refractivity contribution is 5.42. The number of likely N-dealkylation sites (N-methyl/N-ethyl adjacent to an activating group) is 1. The Balaban J connectivity index is 0.000000254. The fourth-order valence-corrected chi connectivity index (χ4v) is 2.21. The quantitative estimate of drug-likeness (QED) is 0.816. The van der Waals surface area contributed by atoms with E-state index >= 15 is 0 Å². The summed E-state index contributed by atoms with van der Waals surface area (Å²) in [5.41, 5.74) is 2.59. The molecule has 0 aromatic heterocycles. The van der Waals surface area contributed by atoms with Crippen LogP contribution < -0.4 is 20.1 Å². The molecule has 2 aromatic rings. The molecule has 0 aliphatic rings. The van der Waals surface area contributed by atoms with Gasteiger partial charge in [-0.05, 0) is 57.2 Å². The first kappa shape index (κ1) is 20.0. The van der Waals surface area contributed by atoms with Gasteiger partial charge in [0.25, 0.3) is 0 Å². The number of ether oxygens (including phenoxy) is 2. The topological polar surface area (TPSA) is 42.5 Å². The molecule has 2 N–H and O–H groups in total. The molecule has 2 aromatic carbocycles. The maximum atomic E-state index is 5.21. The Morgan fingerprint density at radius 2 is 1.58 bits per heavy atom. The van der Waals surface area contributed by atoms with Crippen LogP contribution in [0.15, 0.2) is 48.5 Å². The van der Waals surface area contributed by atoms with E-state index in [2.05, 4.69) is 47.9 Å². The second-order valence-corrected chi connectivity index (χ2v) is 5.46. The number of benzene rings is 2. The molecule has 1 atom stereocenters. The van der Waals surface area contributed by atoms with Crippen LogP contribution in [0.1, 0.15) is 24.1 Å². The molecule has 0 heterocycles. The van der Waals surface area contributed by atoms with Crippen LogP contribution in [0, 0.1) is 0 Å². The molecule has 0 aliphatic carbocycles. The van der Waals surface area contributed by atoms with Gasteiger partial charge in [0, 0.05) is 6.04 Å². The third-order valence-electron chi connectivity index (χ3n) is 3.84. The summed E-state index contributed by atoms with van der Waals surface area (Å²) >= 11 is 0. The van der Waals surface area contributed by atoms with Crippen LogP contribution >= 0.6 is 0 Å². The molecule has 4 nitrogen and oxygen atoms in total. The van der Waals surface area contributed by atoms with Crippen LogP contribution in [0.5, 0.6) is 11.5 Å². The zero-order valence-electron chi connectivity index (χ0n) is 15.4. The minimum atomic E-state index is 0.459. The highest BCUT2D eigenvalue weighted by atomic mass is 16.5. The minimum Gasteiger partial charge on any atom is -0.493 e. The Hall–Kier alpha value is -2.04. The SMILES string of the molecule is CNCCc1ccc(OC)c(OC)c1.CN[C@@H](C)c1ccccc1. The lowest BCUT2D eigenvalue weighted by Gasteiger charge is -2.09. The molecule has 0 saturated carbocycles. The van der Waals surface area contributed by atoms with Gasteiger partial charge in [-0.3, -0.25) is 0 Å². The van der Waals surface area contributed by atoms with Gasteiger partial charge in [0.15, 0.2) is 11.5 Å². The molecule has 0 aliphatic heterocycles. The third-order valence-corrected chi connectivity index (χ3v) is 3.84. The predicted octanol–water partition coefficient (Wildman–Crippen LogP) is 3.43. The molecule has 4 heteroatoms. The lowest BCUT2D eigenvalue weighted by Crippen LogP contribution is -2.11. The van der Waals surface area contributed by atoms with Gasteiger partial charge in [-0.25, -0.2) is 0 Å². The van der Waals surface area contributed by atoms with Crippen molar-refractivity contribution >= 4 is 0 Å². The van der Waals surface area contributed by atoms with E-state index in [1.807, 2.05) is 32.3 Å². The number of methoxy groups -OCH3 is 2. The van der Waals surface area contributed by atoms with Gasteiger partial charge in [0.05, 0.1) is 14.2 Å². The van der Waals surface area contributed by atoms with Gasteiger partial charge in [-0.2, -0.15) is 0 Å². The molecule has 0 fully saturated rings. The van der Waals surface area contributed by atoms with Crippen LogP contribution in [0.25, 0.3) is 0 Å². The van der Waals surface area contributed by atoms with Gasteiger partial charge < -0.3 is 20.1 Å². The van der Waals surface area contributed by atoms with E-state index in [0.717, 1.165) is 24.5 Å². The molecule has 0 bridgehead atoms. The Bertz CT molecular complexity index is 573. The van der Waals surface area contributed by atoms with Gasteiger partial charge in [-0.1, -0.05) is 36.4 Å². The molecule has 132 valence electrons. The number of rotatable bonds is 7. The number of hydrogen-bond acceptors (Lipinski definition) is 4. The fraction of sp³-hybridized carbons (Fsp3) is 0.400. The average molecular weight is 330 g/mol. The van der Waals surface area contributed by atoms with Crippen molar-refractivity contribution in [2.75, 3.05) is 34.9 Å². The van der Waals surface area contributed by atoms with Crippen LogP contribution in [0.4, 0.5) is 0 Å². The summed E-state index contributed by atoms with van der Waals surface area (Å²) in [6.07, 6.45) is 0.997. The van der Waals surface area contributed by atoms with Crippen molar-refractivity contribution in [3.63, 3.8) is 0 Å². The van der Waals surface area contributed by atoms with Gasteiger partial charge in [0.1, 0.15) is 0 Å². The molecular weight excluding hydrogens is 300 g/mol. The third kappa shape index (κ3) is 6.60. The summed E-state index contributed by atoms with van der Waals surface area (Å²) in [4.78, 5) is 0. The van der Waals surface area contributed by atoms with Crippen LogP contribution in [-0.2, 0) is 6.42 Å². The zero-order chi connectivity index (χ0) is 17.8. The molecule has 2 rings (SSSR count). The van der Waals surface area contributed by atoms with Crippen LogP contribution in [-0.4, -0.2) is 34.9 Å². The van der Waals surface area contributed by atoms with E-state index in [1.54, 1.807) is 14.2 Å². The zero-order valence-corrected chi connectivity index (χ0v) is 15.4. The van der Waals surface area contributed by atoms with E-state index < -0.39 is 0 Å². The summed E-state index contributed by atoms with van der Waals surface area (Å²) in [5.74, 6) is 1.57. The Labute approximate surface area is 146 Å². The van der Waals surface area contributed by atoms with Crippen LogP contribution in [0.2, 0.25) is 0 Å². The van der Waals surface area contributed by atoms with Crippen molar-refractivity contribution in [1.82, 2.24) is 10.6 Å². The molecule has 0 unspecified atom stereocenters. The lowest BCUT2D eigenvalue weighted by atomic mass is 10.1. The van der Waals surface area contributed by atoms with E-state index in [1.165, 1.54) is 11.1 Å². The Morgan fingerprint density at radius 3 is 2.12 bits per heavy atom. The van der Waals surface area contributed by atoms with Crippen molar-refractivity contribution in [2.24, 2.45) is 0 Å². The maximum Gasteiger partial charge on any atom is 0.160 e. The second-order valence-electron chi connectivity index (χ2n) is 5.46. The fourth-order valence-electron chi connectivity index (χ4n) is 2.21. The smallest absolute Gasteiger partial charge is 0.160 e. The molecule has 0 amide bonds. The summed E-state index contributed by atoms with van der Waals surface area (Å²) in [5, 5.41) is 6.29. The largest absolute Gasteiger partial charge is 0.493 e. The summed E-state index contributed by atoms with van der Waals surface area (Å²) in [7, 11) is 7.21. The Morgan fingerprint density at radius 1 is 0.917 bits per heavy atom. The molecule has 24 heavy (non-hydrogen) atoms. The monoisotopic (exact) mass is 330 g/mol. The molecule has 0 radical (unpaired) electrons. The average Bonchev–Trinajstić information content (AvgIpc) is 2.66. The highest BCUT2D eigenvalue weighted by Gasteiger charge is 2.03. The summed E-state index contributed by atoms with van der Waals surface area (Å²) < 4.78 is 10.4. The summed E-state index contributed by atoms with van der Waals surface area (Å²) in [6.45, 7) is 3.12. The van der Waals surface area contributed by atoms with Crippen molar-refractivity contribution in [1.29, 1.82) is 0 Å². The van der Waals surface area contributed by atoms with Crippen LogP contribution in [0.3, 0.4) is 0 Å². The first-order valence-corrected chi connectivity index (χ1v) is 8.24. The predicted molar refractivity (Wildman–Crippen MR) is 101 cm³/mol. The summed E-state index contributed by atoms with van der Waals surface area (Å²) in [6, 6.07) is 16.9. The molecular formula is C20H30N2O2. The van der Waals surface area contributed by atoms with E-state index in [0.29, 0.717) is 6.04 Å². The van der Waals surface area contributed by atoms with Crippen molar-refractivity contribution < 1.29 is 9.47 Å². The van der Waals surface area contributed by atoms with E-state index in [9.17, 15) is 0 Å². The van der Waals surface area contributed by atoms with Gasteiger partial charge in [-0.15, -0.1) is 0 Å². The van der Waals surface area contributed by atoms with Crippen molar-refractivity contribution in [3.8, 4) is 11.5 Å². The maximum absolute atomic E-state index is 5.21.